The zero-order valence-electron chi connectivity index (χ0n) is 20.5. The van der Waals surface area contributed by atoms with E-state index in [-0.39, 0.29) is 29.7 Å². The molecule has 1 aromatic heterocycles. The van der Waals surface area contributed by atoms with Crippen molar-refractivity contribution in [2.24, 2.45) is 17.6 Å². The Morgan fingerprint density at radius 1 is 1.16 bits per heavy atom. The summed E-state index contributed by atoms with van der Waals surface area (Å²) >= 11 is 0. The van der Waals surface area contributed by atoms with Crippen LogP contribution in [0.2, 0.25) is 0 Å². The predicted octanol–water partition coefficient (Wildman–Crippen LogP) is 1.75. The number of likely N-dealkylation sites (N-methyl/N-ethyl adjacent to an activating group) is 1. The van der Waals surface area contributed by atoms with Crippen LogP contribution < -0.4 is 5.73 Å². The molecule has 0 aliphatic heterocycles. The number of benzene rings is 1. The minimum atomic E-state index is -2.69. The van der Waals surface area contributed by atoms with Gasteiger partial charge in [-0.15, -0.1) is 0 Å². The van der Waals surface area contributed by atoms with Crippen LogP contribution in [0.25, 0.3) is 23.2 Å². The average Bonchev–Trinajstić information content (AvgIpc) is 3.29. The normalized spacial score (nSPS) is 27.1. The molecule has 1 heterocycles. The lowest BCUT2D eigenvalue weighted by molar-refractivity contribution is -0.153. The molecular formula is C27H26N2O9. The van der Waals surface area contributed by atoms with Crippen LogP contribution in [0, 0.1) is 11.8 Å². The predicted molar refractivity (Wildman–Crippen MR) is 134 cm³/mol. The Labute approximate surface area is 216 Å². The number of aliphatic hydroxyl groups excluding tert-OH is 3. The second-order valence-electron chi connectivity index (χ2n) is 9.97. The summed E-state index contributed by atoms with van der Waals surface area (Å²) in [6, 6.07) is 5.03. The van der Waals surface area contributed by atoms with Gasteiger partial charge < -0.3 is 35.7 Å². The summed E-state index contributed by atoms with van der Waals surface area (Å²) in [4.78, 5) is 40.5. The molecule has 0 saturated heterocycles. The second-order valence-corrected chi connectivity index (χ2v) is 9.97. The van der Waals surface area contributed by atoms with Crippen LogP contribution in [-0.4, -0.2) is 73.6 Å². The Morgan fingerprint density at radius 3 is 2.50 bits per heavy atom. The highest BCUT2D eigenvalue weighted by molar-refractivity contribution is 6.24. The molecule has 11 nitrogen and oxygen atoms in total. The van der Waals surface area contributed by atoms with Crippen LogP contribution in [0.15, 0.2) is 51.9 Å². The molecule has 2 aromatic rings. The van der Waals surface area contributed by atoms with E-state index >= 15 is 0 Å². The third-order valence-electron chi connectivity index (χ3n) is 7.74. The first-order valence-electron chi connectivity index (χ1n) is 11.8. The number of rotatable bonds is 4. The second kappa shape index (κ2) is 8.61. The van der Waals surface area contributed by atoms with Gasteiger partial charge in [-0.05, 0) is 62.7 Å². The number of phenolic OH excluding ortho intramolecular Hbond substituents is 1. The van der Waals surface area contributed by atoms with Crippen molar-refractivity contribution in [3.63, 3.8) is 0 Å². The fraction of sp³-hybridized carbons (Fsp3) is 0.296. The van der Waals surface area contributed by atoms with E-state index in [0.29, 0.717) is 22.6 Å². The Morgan fingerprint density at radius 2 is 1.87 bits per heavy atom. The van der Waals surface area contributed by atoms with Gasteiger partial charge in [0.15, 0.2) is 11.4 Å². The Bertz CT molecular complexity index is 1500. The summed E-state index contributed by atoms with van der Waals surface area (Å²) in [6.07, 6.45) is 2.28. The summed E-state index contributed by atoms with van der Waals surface area (Å²) in [6.45, 7) is 0. The van der Waals surface area contributed by atoms with E-state index in [1.54, 1.807) is 32.3 Å². The first-order valence-corrected chi connectivity index (χ1v) is 11.8. The molecule has 5 rings (SSSR count). The van der Waals surface area contributed by atoms with E-state index in [2.05, 4.69) is 0 Å². The molecule has 0 unspecified atom stereocenters. The van der Waals surface area contributed by atoms with Crippen LogP contribution in [0.5, 0.6) is 5.75 Å². The van der Waals surface area contributed by atoms with Crippen LogP contribution in [0.3, 0.4) is 0 Å². The van der Waals surface area contributed by atoms with Crippen molar-refractivity contribution in [3.8, 4) is 17.1 Å². The lowest BCUT2D eigenvalue weighted by Crippen LogP contribution is -2.65. The largest absolute Gasteiger partial charge is 0.515 e. The molecule has 3 aliphatic carbocycles. The number of carbonyl (C=O) groups excluding carboxylic acids is 3. The van der Waals surface area contributed by atoms with E-state index in [1.807, 2.05) is 0 Å². The topological polar surface area (TPSA) is 195 Å². The number of nitrogens with two attached hydrogens (primary N) is 1. The molecule has 11 heteroatoms. The maximum Gasteiger partial charge on any atom is 0.255 e. The first-order chi connectivity index (χ1) is 17.9. The molecule has 1 amide bonds. The number of Topliss-reactive ketones (excluding diaryl/α,β-unsaturated/α-hetero) is 2. The number of aromatic hydroxyl groups is 1. The standard InChI is InChI=1S/C27H26N2O9/c1-29(2)21-15-10-11-9-14-13(17-6-3-12(38-17)7-8-30)4-5-16(31)19(14)22(32)18(11)24(34)27(15,37)25(35)20(23(21)33)26(28)36/h3-8,11,15,21,30-32,35,37H,9-10H2,1-2H3,(H2,28,36)/b8-7+/t11-,15-,21-,27-/m1/s1. The van der Waals surface area contributed by atoms with E-state index in [1.165, 1.54) is 17.0 Å². The van der Waals surface area contributed by atoms with Gasteiger partial charge >= 0.3 is 0 Å². The van der Waals surface area contributed by atoms with Crippen molar-refractivity contribution in [1.29, 1.82) is 0 Å². The van der Waals surface area contributed by atoms with Gasteiger partial charge in [-0.2, -0.15) is 0 Å². The number of primary amides is 1. The van der Waals surface area contributed by atoms with Crippen molar-refractivity contribution in [2.45, 2.75) is 24.5 Å². The summed E-state index contributed by atoms with van der Waals surface area (Å²) in [5, 5.41) is 53.5. The lowest BCUT2D eigenvalue weighted by atomic mass is 9.57. The van der Waals surface area contributed by atoms with Gasteiger partial charge in [0.05, 0.1) is 17.9 Å². The van der Waals surface area contributed by atoms with Crippen molar-refractivity contribution in [2.75, 3.05) is 14.1 Å². The van der Waals surface area contributed by atoms with Crippen LogP contribution in [0.4, 0.5) is 0 Å². The van der Waals surface area contributed by atoms with Gasteiger partial charge in [-0.25, -0.2) is 0 Å². The number of phenols is 1. The van der Waals surface area contributed by atoms with E-state index in [9.17, 15) is 34.8 Å². The van der Waals surface area contributed by atoms with E-state index in [4.69, 9.17) is 15.3 Å². The molecule has 1 fully saturated rings. The van der Waals surface area contributed by atoms with Crippen LogP contribution in [0.1, 0.15) is 23.3 Å². The molecule has 198 valence electrons. The van der Waals surface area contributed by atoms with E-state index < -0.39 is 58.0 Å². The van der Waals surface area contributed by atoms with Gasteiger partial charge in [0, 0.05) is 23.1 Å². The van der Waals surface area contributed by atoms with Crippen molar-refractivity contribution >= 4 is 29.3 Å². The van der Waals surface area contributed by atoms with Crippen molar-refractivity contribution < 1.29 is 44.3 Å². The molecule has 7 N–H and O–H groups in total. The summed E-state index contributed by atoms with van der Waals surface area (Å²) < 4.78 is 5.75. The minimum absolute atomic E-state index is 0.0164. The van der Waals surface area contributed by atoms with Crippen LogP contribution in [-0.2, 0) is 20.8 Å². The zero-order chi connectivity index (χ0) is 27.7. The molecule has 1 aromatic carbocycles. The summed E-state index contributed by atoms with van der Waals surface area (Å²) in [7, 11) is 3.08. The van der Waals surface area contributed by atoms with Gasteiger partial charge in [0.1, 0.15) is 34.4 Å². The monoisotopic (exact) mass is 522 g/mol. The maximum absolute atomic E-state index is 13.9. The third-order valence-corrected chi connectivity index (χ3v) is 7.74. The minimum Gasteiger partial charge on any atom is -0.515 e. The highest BCUT2D eigenvalue weighted by Crippen LogP contribution is 2.53. The highest BCUT2D eigenvalue weighted by atomic mass is 16.4. The maximum atomic E-state index is 13.9. The lowest BCUT2D eigenvalue weighted by Gasteiger charge is -2.50. The molecule has 3 aliphatic rings. The fourth-order valence-electron chi connectivity index (χ4n) is 6.14. The average molecular weight is 523 g/mol. The fourth-order valence-corrected chi connectivity index (χ4v) is 6.14. The summed E-state index contributed by atoms with van der Waals surface area (Å²) in [5.41, 5.74) is 2.52. The van der Waals surface area contributed by atoms with Crippen LogP contribution >= 0.6 is 0 Å². The summed E-state index contributed by atoms with van der Waals surface area (Å²) in [5.74, 6) is -6.32. The van der Waals surface area contributed by atoms with E-state index in [0.717, 1.165) is 6.26 Å². The number of nitrogens with zero attached hydrogens (tertiary/aromatic N) is 1. The Kier molecular flexibility index (Phi) is 5.73. The molecule has 0 bridgehead atoms. The quantitative estimate of drug-likeness (QED) is 0.254. The van der Waals surface area contributed by atoms with Crippen molar-refractivity contribution in [1.82, 2.24) is 4.90 Å². The molecule has 0 radical (unpaired) electrons. The number of fused-ring (bicyclic) bond motifs is 3. The zero-order valence-corrected chi connectivity index (χ0v) is 20.5. The number of amides is 1. The molecule has 1 saturated carbocycles. The highest BCUT2D eigenvalue weighted by Gasteiger charge is 2.64. The number of hydrogen-bond donors (Lipinski definition) is 6. The molecule has 0 spiro atoms. The van der Waals surface area contributed by atoms with Gasteiger partial charge in [0.2, 0.25) is 5.78 Å². The number of hydrogen-bond acceptors (Lipinski definition) is 10. The molecule has 4 atom stereocenters. The Hall–Kier alpha value is -4.35. The van der Waals surface area contributed by atoms with Gasteiger partial charge in [-0.1, -0.05) is 0 Å². The number of ketones is 2. The molecular weight excluding hydrogens is 496 g/mol. The van der Waals surface area contributed by atoms with Gasteiger partial charge in [0.25, 0.3) is 5.91 Å². The smallest absolute Gasteiger partial charge is 0.255 e. The number of carbonyl (C=O) groups is 3. The third kappa shape index (κ3) is 3.32. The number of aliphatic hydroxyl groups is 4. The van der Waals surface area contributed by atoms with Crippen molar-refractivity contribution in [3.05, 3.63) is 64.3 Å². The number of furan rings is 1. The van der Waals surface area contributed by atoms with Gasteiger partial charge in [-0.3, -0.25) is 19.3 Å². The first kappa shape index (κ1) is 25.3. The SMILES string of the molecule is CN(C)[C@H]1C(=O)C(C(N)=O)=C(O)[C@]2(O)C(=O)C3=C(O)c4c(O)ccc(-c5ccc(/C=C/O)o5)c4C[C@@H]3C[C@H]12. The Balaban J connectivity index is 1.72. The molecule has 38 heavy (non-hydrogen) atoms.